The molecule has 0 fully saturated rings. The van der Waals surface area contributed by atoms with Gasteiger partial charge in [0.25, 0.3) is 0 Å². The van der Waals surface area contributed by atoms with E-state index in [-0.39, 0.29) is 0 Å². The summed E-state index contributed by atoms with van der Waals surface area (Å²) < 4.78 is 0. The zero-order valence-electron chi connectivity index (χ0n) is 15.1. The molecule has 0 N–H and O–H groups in total. The lowest BCUT2D eigenvalue weighted by atomic mass is 9.99. The summed E-state index contributed by atoms with van der Waals surface area (Å²) in [6.07, 6.45) is 12.6. The summed E-state index contributed by atoms with van der Waals surface area (Å²) >= 11 is 0. The highest BCUT2D eigenvalue weighted by molar-refractivity contribution is 6.71. The van der Waals surface area contributed by atoms with E-state index in [0.717, 1.165) is 0 Å². The first-order chi connectivity index (χ1) is 10.1. The largest absolute Gasteiger partial charge is 0.0682 e. The van der Waals surface area contributed by atoms with Crippen LogP contribution in [0.25, 0.3) is 0 Å². The summed E-state index contributed by atoms with van der Waals surface area (Å²) in [7, 11) is -0.714. The van der Waals surface area contributed by atoms with Crippen molar-refractivity contribution in [3.05, 3.63) is 28.8 Å². The third-order valence-electron chi connectivity index (χ3n) is 4.67. The van der Waals surface area contributed by atoms with Crippen molar-refractivity contribution in [3.8, 4) is 0 Å². The van der Waals surface area contributed by atoms with Gasteiger partial charge in [0.15, 0.2) is 0 Å². The fourth-order valence-corrected chi connectivity index (χ4v) is 5.54. The maximum absolute atomic E-state index is 2.47. The molecule has 1 aromatic carbocycles. The van der Waals surface area contributed by atoms with Crippen molar-refractivity contribution in [1.82, 2.24) is 0 Å². The van der Waals surface area contributed by atoms with Crippen LogP contribution in [0.15, 0.2) is 12.1 Å². The summed E-state index contributed by atoms with van der Waals surface area (Å²) in [4.78, 5) is 0. The molecule has 0 unspecified atom stereocenters. The summed E-state index contributed by atoms with van der Waals surface area (Å²) in [5.41, 5.74) is 4.76. The van der Waals surface area contributed by atoms with Gasteiger partial charge < -0.3 is 0 Å². The first kappa shape index (κ1) is 18.5. The van der Waals surface area contributed by atoms with Crippen molar-refractivity contribution in [3.63, 3.8) is 0 Å². The highest BCUT2D eigenvalue weighted by Gasteiger charge is 2.12. The summed E-state index contributed by atoms with van der Waals surface area (Å²) in [5.74, 6) is 0. The van der Waals surface area contributed by atoms with Crippen LogP contribution in [-0.2, 0) is 6.42 Å². The standard InChI is InChI=1S/C20H36Si/c1-6-7-8-9-10-11-12-13-14-19-17(2)15-16-18(3)20(19)21(4)5/h15-16,21H,6-14H2,1-5H3. The van der Waals surface area contributed by atoms with Gasteiger partial charge in [0.2, 0.25) is 0 Å². The Hall–Kier alpha value is -0.563. The zero-order valence-corrected chi connectivity index (χ0v) is 16.3. The zero-order chi connectivity index (χ0) is 15.7. The molecule has 0 nitrogen and oxygen atoms in total. The van der Waals surface area contributed by atoms with Gasteiger partial charge in [0, 0.05) is 0 Å². The minimum Gasteiger partial charge on any atom is -0.0682 e. The molecule has 0 amide bonds. The Kier molecular flexibility index (Phi) is 8.99. The number of benzene rings is 1. The number of rotatable bonds is 10. The molecule has 120 valence electrons. The Morgan fingerprint density at radius 1 is 0.762 bits per heavy atom. The van der Waals surface area contributed by atoms with Gasteiger partial charge in [-0.15, -0.1) is 0 Å². The molecule has 0 aliphatic carbocycles. The highest BCUT2D eigenvalue weighted by atomic mass is 28.3. The maximum atomic E-state index is 2.47. The molecule has 21 heavy (non-hydrogen) atoms. The van der Waals surface area contributed by atoms with Crippen LogP contribution in [0.4, 0.5) is 0 Å². The van der Waals surface area contributed by atoms with Gasteiger partial charge in [0.05, 0.1) is 8.80 Å². The van der Waals surface area contributed by atoms with E-state index in [0.29, 0.717) is 0 Å². The van der Waals surface area contributed by atoms with Gasteiger partial charge in [-0.3, -0.25) is 0 Å². The van der Waals surface area contributed by atoms with E-state index in [1.54, 1.807) is 10.8 Å². The van der Waals surface area contributed by atoms with E-state index in [1.807, 2.05) is 0 Å². The van der Waals surface area contributed by atoms with E-state index < -0.39 is 8.80 Å². The Morgan fingerprint density at radius 2 is 1.29 bits per heavy atom. The number of hydrogen-bond acceptors (Lipinski definition) is 0. The molecule has 0 aliphatic rings. The van der Waals surface area contributed by atoms with Crippen molar-refractivity contribution in [2.24, 2.45) is 0 Å². The molecule has 1 heteroatoms. The average molecular weight is 305 g/mol. The van der Waals surface area contributed by atoms with Gasteiger partial charge in [-0.1, -0.05) is 87.8 Å². The van der Waals surface area contributed by atoms with E-state index in [1.165, 1.54) is 68.9 Å². The molecule has 0 aromatic heterocycles. The topological polar surface area (TPSA) is 0 Å². The molecule has 0 aliphatic heterocycles. The van der Waals surface area contributed by atoms with Crippen molar-refractivity contribution in [2.75, 3.05) is 0 Å². The predicted octanol–water partition coefficient (Wildman–Crippen LogP) is 5.68. The fraction of sp³-hybridized carbons (Fsp3) is 0.700. The number of unbranched alkanes of at least 4 members (excludes halogenated alkanes) is 7. The average Bonchev–Trinajstić information content (AvgIpc) is 2.44. The monoisotopic (exact) mass is 304 g/mol. The van der Waals surface area contributed by atoms with Gasteiger partial charge in [-0.05, 0) is 37.8 Å². The molecule has 0 bridgehead atoms. The molecule has 0 saturated heterocycles. The number of aryl methyl sites for hydroxylation is 2. The van der Waals surface area contributed by atoms with Crippen LogP contribution in [0.2, 0.25) is 13.1 Å². The van der Waals surface area contributed by atoms with Gasteiger partial charge in [-0.25, -0.2) is 0 Å². The maximum Gasteiger partial charge on any atom is 0.0654 e. The predicted molar refractivity (Wildman–Crippen MR) is 101 cm³/mol. The minimum atomic E-state index is -0.714. The van der Waals surface area contributed by atoms with Crippen LogP contribution in [0.5, 0.6) is 0 Å². The SMILES string of the molecule is CCCCCCCCCCc1c(C)ccc(C)c1[SiH](C)C. The molecule has 0 saturated carbocycles. The lowest BCUT2D eigenvalue weighted by Gasteiger charge is -2.18. The second kappa shape index (κ2) is 10.2. The molecular weight excluding hydrogens is 268 g/mol. The van der Waals surface area contributed by atoms with Crippen LogP contribution in [-0.4, -0.2) is 8.80 Å². The van der Waals surface area contributed by atoms with Gasteiger partial charge in [-0.2, -0.15) is 0 Å². The Morgan fingerprint density at radius 3 is 1.86 bits per heavy atom. The van der Waals surface area contributed by atoms with Crippen LogP contribution in [0.1, 0.15) is 75.0 Å². The summed E-state index contributed by atoms with van der Waals surface area (Å²) in [5, 5.41) is 1.75. The van der Waals surface area contributed by atoms with Crippen LogP contribution < -0.4 is 5.19 Å². The van der Waals surface area contributed by atoms with Gasteiger partial charge in [0.1, 0.15) is 0 Å². The van der Waals surface area contributed by atoms with Crippen LogP contribution >= 0.6 is 0 Å². The van der Waals surface area contributed by atoms with E-state index in [4.69, 9.17) is 0 Å². The second-order valence-electron chi connectivity index (χ2n) is 6.97. The Bertz CT molecular complexity index is 407. The normalized spacial score (nSPS) is 11.3. The fourth-order valence-electron chi connectivity index (χ4n) is 3.46. The van der Waals surface area contributed by atoms with Crippen molar-refractivity contribution in [1.29, 1.82) is 0 Å². The third-order valence-corrected chi connectivity index (χ3v) is 6.63. The van der Waals surface area contributed by atoms with Crippen molar-refractivity contribution in [2.45, 2.75) is 91.7 Å². The van der Waals surface area contributed by atoms with Crippen molar-refractivity contribution < 1.29 is 0 Å². The molecule has 0 radical (unpaired) electrons. The lowest BCUT2D eigenvalue weighted by Crippen LogP contribution is -2.30. The summed E-state index contributed by atoms with van der Waals surface area (Å²) in [6, 6.07) is 4.66. The van der Waals surface area contributed by atoms with Crippen LogP contribution in [0, 0.1) is 13.8 Å². The third kappa shape index (κ3) is 6.38. The van der Waals surface area contributed by atoms with Crippen molar-refractivity contribution >= 4 is 14.0 Å². The van der Waals surface area contributed by atoms with E-state index in [2.05, 4.69) is 46.0 Å². The molecule has 1 rings (SSSR count). The molecular formula is C20H36Si. The molecule has 0 spiro atoms. The minimum absolute atomic E-state index is 0.714. The first-order valence-corrected chi connectivity index (χ1v) is 12.1. The van der Waals surface area contributed by atoms with E-state index >= 15 is 0 Å². The number of hydrogen-bond donors (Lipinski definition) is 0. The smallest absolute Gasteiger partial charge is 0.0654 e. The Labute approximate surface area is 135 Å². The van der Waals surface area contributed by atoms with E-state index in [9.17, 15) is 0 Å². The van der Waals surface area contributed by atoms with Crippen LogP contribution in [0.3, 0.4) is 0 Å². The first-order valence-electron chi connectivity index (χ1n) is 9.16. The quantitative estimate of drug-likeness (QED) is 0.385. The Balaban J connectivity index is 2.40. The molecule has 0 atom stereocenters. The molecule has 0 heterocycles. The highest BCUT2D eigenvalue weighted by Crippen LogP contribution is 2.15. The van der Waals surface area contributed by atoms with Gasteiger partial charge >= 0.3 is 0 Å². The lowest BCUT2D eigenvalue weighted by molar-refractivity contribution is 0.575. The molecule has 1 aromatic rings. The summed E-state index contributed by atoms with van der Waals surface area (Å²) in [6.45, 7) is 11.8. The second-order valence-corrected chi connectivity index (χ2v) is 9.86.